The Labute approximate surface area is 111 Å². The summed E-state index contributed by atoms with van der Waals surface area (Å²) in [5.74, 6) is 0. The van der Waals surface area contributed by atoms with E-state index in [4.69, 9.17) is 10.5 Å². The molecule has 1 aromatic rings. The maximum absolute atomic E-state index is 5.84. The van der Waals surface area contributed by atoms with Gasteiger partial charge in [-0.15, -0.1) is 0 Å². The first-order valence-corrected chi connectivity index (χ1v) is 6.65. The molecular formula is C13H19BrN2O. The highest BCUT2D eigenvalue weighted by Crippen LogP contribution is 2.22. The molecule has 1 aromatic carbocycles. The van der Waals surface area contributed by atoms with Crippen LogP contribution in [0.4, 0.5) is 5.69 Å². The van der Waals surface area contributed by atoms with Crippen molar-refractivity contribution in [3.63, 3.8) is 0 Å². The number of halogens is 1. The van der Waals surface area contributed by atoms with Gasteiger partial charge in [0.2, 0.25) is 0 Å². The Morgan fingerprint density at radius 1 is 1.41 bits per heavy atom. The number of morpholine rings is 1. The van der Waals surface area contributed by atoms with E-state index in [1.54, 1.807) is 0 Å². The molecule has 0 spiro atoms. The van der Waals surface area contributed by atoms with Gasteiger partial charge in [-0.2, -0.15) is 0 Å². The number of benzene rings is 1. The summed E-state index contributed by atoms with van der Waals surface area (Å²) in [5.41, 5.74) is 7.85. The Hall–Kier alpha value is -0.580. The summed E-state index contributed by atoms with van der Waals surface area (Å²) < 4.78 is 6.75. The molecule has 1 heterocycles. The molecule has 0 atom stereocenters. The predicted molar refractivity (Wildman–Crippen MR) is 73.9 cm³/mol. The summed E-state index contributed by atoms with van der Waals surface area (Å²) in [7, 11) is 0. The number of nitrogens with two attached hydrogens (primary N) is 1. The van der Waals surface area contributed by atoms with Gasteiger partial charge in [-0.25, -0.2) is 0 Å². The highest BCUT2D eigenvalue weighted by molar-refractivity contribution is 9.10. The first kappa shape index (κ1) is 12.9. The summed E-state index contributed by atoms with van der Waals surface area (Å²) in [6.07, 6.45) is 0. The number of hydrogen-bond acceptors (Lipinski definition) is 3. The van der Waals surface area contributed by atoms with Gasteiger partial charge >= 0.3 is 0 Å². The lowest BCUT2D eigenvalue weighted by Gasteiger charge is -2.38. The molecule has 17 heavy (non-hydrogen) atoms. The molecule has 0 amide bonds. The van der Waals surface area contributed by atoms with E-state index in [-0.39, 0.29) is 5.60 Å². The third-order valence-electron chi connectivity index (χ3n) is 2.89. The lowest BCUT2D eigenvalue weighted by Crippen LogP contribution is -2.47. The van der Waals surface area contributed by atoms with Crippen LogP contribution in [0.1, 0.15) is 19.4 Å². The summed E-state index contributed by atoms with van der Waals surface area (Å²) in [4.78, 5) is 2.41. The Balaban J connectivity index is 2.05. The van der Waals surface area contributed by atoms with Crippen LogP contribution in [0.15, 0.2) is 22.7 Å². The normalized spacial score (nSPS) is 20.4. The number of rotatable bonds is 2. The van der Waals surface area contributed by atoms with E-state index >= 15 is 0 Å². The molecule has 0 saturated carbocycles. The van der Waals surface area contributed by atoms with Crippen molar-refractivity contribution in [2.75, 3.05) is 25.4 Å². The summed E-state index contributed by atoms with van der Waals surface area (Å²) in [6.45, 7) is 7.94. The van der Waals surface area contributed by atoms with Crippen molar-refractivity contribution in [2.45, 2.75) is 26.0 Å². The molecule has 4 heteroatoms. The minimum atomic E-state index is -0.0458. The fraction of sp³-hybridized carbons (Fsp3) is 0.538. The van der Waals surface area contributed by atoms with Crippen LogP contribution in [0.25, 0.3) is 0 Å². The van der Waals surface area contributed by atoms with Crippen LogP contribution in [0.3, 0.4) is 0 Å². The largest absolute Gasteiger partial charge is 0.399 e. The first-order chi connectivity index (χ1) is 7.94. The van der Waals surface area contributed by atoms with Crippen LogP contribution in [0.5, 0.6) is 0 Å². The van der Waals surface area contributed by atoms with Gasteiger partial charge in [0, 0.05) is 29.8 Å². The molecule has 0 bridgehead atoms. The van der Waals surface area contributed by atoms with Crippen LogP contribution < -0.4 is 5.73 Å². The second-order valence-electron chi connectivity index (χ2n) is 5.21. The fourth-order valence-electron chi connectivity index (χ4n) is 2.27. The second kappa shape index (κ2) is 4.96. The fourth-order valence-corrected chi connectivity index (χ4v) is 2.83. The molecule has 2 rings (SSSR count). The van der Waals surface area contributed by atoms with Crippen LogP contribution in [0.2, 0.25) is 0 Å². The summed E-state index contributed by atoms with van der Waals surface area (Å²) >= 11 is 3.48. The number of nitrogen functional groups attached to an aromatic ring is 1. The van der Waals surface area contributed by atoms with Gasteiger partial charge in [0.1, 0.15) is 0 Å². The van der Waals surface area contributed by atoms with Crippen molar-refractivity contribution >= 4 is 21.6 Å². The molecule has 0 aliphatic carbocycles. The van der Waals surface area contributed by atoms with E-state index in [0.717, 1.165) is 36.4 Å². The number of anilines is 1. The molecule has 1 aliphatic heterocycles. The van der Waals surface area contributed by atoms with E-state index in [0.29, 0.717) is 0 Å². The number of ether oxygens (including phenoxy) is 1. The van der Waals surface area contributed by atoms with Gasteiger partial charge in [-0.05, 0) is 37.6 Å². The minimum Gasteiger partial charge on any atom is -0.399 e. The third-order valence-corrected chi connectivity index (χ3v) is 3.35. The van der Waals surface area contributed by atoms with E-state index in [1.165, 1.54) is 5.56 Å². The monoisotopic (exact) mass is 298 g/mol. The minimum absolute atomic E-state index is 0.0458. The third kappa shape index (κ3) is 3.69. The first-order valence-electron chi connectivity index (χ1n) is 5.86. The number of hydrogen-bond donors (Lipinski definition) is 1. The van der Waals surface area contributed by atoms with Crippen molar-refractivity contribution in [1.29, 1.82) is 0 Å². The van der Waals surface area contributed by atoms with E-state index < -0.39 is 0 Å². The van der Waals surface area contributed by atoms with Gasteiger partial charge < -0.3 is 10.5 Å². The molecule has 2 N–H and O–H groups in total. The lowest BCUT2D eigenvalue weighted by molar-refractivity contribution is -0.0882. The highest BCUT2D eigenvalue weighted by Gasteiger charge is 2.26. The Kier molecular flexibility index (Phi) is 3.76. The smallest absolute Gasteiger partial charge is 0.0753 e. The van der Waals surface area contributed by atoms with Crippen LogP contribution in [-0.2, 0) is 11.3 Å². The Bertz CT molecular complexity index is 386. The zero-order valence-corrected chi connectivity index (χ0v) is 12.0. The molecule has 1 aliphatic rings. The zero-order chi connectivity index (χ0) is 12.5. The van der Waals surface area contributed by atoms with Crippen molar-refractivity contribution in [2.24, 2.45) is 0 Å². The van der Waals surface area contributed by atoms with E-state index in [2.05, 4.69) is 40.7 Å². The van der Waals surface area contributed by atoms with Crippen molar-refractivity contribution < 1.29 is 4.74 Å². The summed E-state index contributed by atoms with van der Waals surface area (Å²) in [6, 6.07) is 6.08. The molecule has 1 saturated heterocycles. The SMILES string of the molecule is CC1(C)CN(Cc2cc(N)cc(Br)c2)CCO1. The molecule has 94 valence electrons. The summed E-state index contributed by atoms with van der Waals surface area (Å²) in [5, 5.41) is 0. The van der Waals surface area contributed by atoms with Crippen molar-refractivity contribution in [3.8, 4) is 0 Å². The second-order valence-corrected chi connectivity index (χ2v) is 6.13. The highest BCUT2D eigenvalue weighted by atomic mass is 79.9. The molecule has 0 aromatic heterocycles. The maximum Gasteiger partial charge on any atom is 0.0753 e. The quantitative estimate of drug-likeness (QED) is 0.853. The average Bonchev–Trinajstić information content (AvgIpc) is 2.13. The zero-order valence-electron chi connectivity index (χ0n) is 10.4. The van der Waals surface area contributed by atoms with E-state index in [1.807, 2.05) is 12.1 Å². The van der Waals surface area contributed by atoms with Crippen LogP contribution >= 0.6 is 15.9 Å². The van der Waals surface area contributed by atoms with Gasteiger partial charge in [-0.3, -0.25) is 4.90 Å². The number of nitrogens with zero attached hydrogens (tertiary/aromatic N) is 1. The van der Waals surface area contributed by atoms with E-state index in [9.17, 15) is 0 Å². The van der Waals surface area contributed by atoms with Crippen molar-refractivity contribution in [1.82, 2.24) is 4.90 Å². The Morgan fingerprint density at radius 3 is 2.82 bits per heavy atom. The lowest BCUT2D eigenvalue weighted by atomic mass is 10.1. The molecular weight excluding hydrogens is 280 g/mol. The van der Waals surface area contributed by atoms with Gasteiger partial charge in [0.25, 0.3) is 0 Å². The van der Waals surface area contributed by atoms with Gasteiger partial charge in [0.15, 0.2) is 0 Å². The predicted octanol–water partition coefficient (Wildman–Crippen LogP) is 2.64. The maximum atomic E-state index is 5.84. The van der Waals surface area contributed by atoms with Crippen LogP contribution in [0, 0.1) is 0 Å². The molecule has 1 fully saturated rings. The van der Waals surface area contributed by atoms with Crippen molar-refractivity contribution in [3.05, 3.63) is 28.2 Å². The van der Waals surface area contributed by atoms with Gasteiger partial charge in [-0.1, -0.05) is 15.9 Å². The average molecular weight is 299 g/mol. The molecule has 3 nitrogen and oxygen atoms in total. The Morgan fingerprint density at radius 2 is 2.18 bits per heavy atom. The molecule has 0 radical (unpaired) electrons. The topological polar surface area (TPSA) is 38.5 Å². The molecule has 0 unspecified atom stereocenters. The standard InChI is InChI=1S/C13H19BrN2O/c1-13(2)9-16(3-4-17-13)8-10-5-11(14)7-12(15)6-10/h5-7H,3-4,8-9,15H2,1-2H3. The van der Waals surface area contributed by atoms with Crippen LogP contribution in [-0.4, -0.2) is 30.2 Å². The van der Waals surface area contributed by atoms with Gasteiger partial charge in [0.05, 0.1) is 12.2 Å².